The molecule has 0 aliphatic carbocycles. The molecule has 146 valence electrons. The summed E-state index contributed by atoms with van der Waals surface area (Å²) in [5.41, 5.74) is 7.51. The summed E-state index contributed by atoms with van der Waals surface area (Å²) < 4.78 is 13.0. The Balaban J connectivity index is 0.00000364. The second-order valence-corrected chi connectivity index (χ2v) is 6.16. The van der Waals surface area contributed by atoms with Crippen molar-refractivity contribution in [3.05, 3.63) is 71.5 Å². The second kappa shape index (κ2) is 11.5. The largest absolute Gasteiger partial charge is 0.369 e. The fourth-order valence-electron chi connectivity index (χ4n) is 2.62. The highest BCUT2D eigenvalue weighted by Crippen LogP contribution is 2.12. The van der Waals surface area contributed by atoms with Gasteiger partial charge >= 0.3 is 0 Å². The number of halogens is 2. The lowest BCUT2D eigenvalue weighted by Gasteiger charge is -2.20. The van der Waals surface area contributed by atoms with Crippen molar-refractivity contribution in [1.82, 2.24) is 10.6 Å². The smallest absolute Gasteiger partial charge is 0.222 e. The summed E-state index contributed by atoms with van der Waals surface area (Å²) in [4.78, 5) is 16.0. The first-order chi connectivity index (χ1) is 12.5. The molecule has 0 fully saturated rings. The lowest BCUT2D eigenvalue weighted by atomic mass is 9.98. The maximum atomic E-state index is 13.0. The maximum Gasteiger partial charge on any atom is 0.222 e. The SMILES string of the molecule is CN=C(NCC(Cc1ccc(F)cc1)C(N)=O)NC(C)c1ccccc1.I. The molecule has 0 saturated carbocycles. The molecule has 5 nitrogen and oxygen atoms in total. The van der Waals surface area contributed by atoms with Gasteiger partial charge in [0.1, 0.15) is 5.82 Å². The zero-order valence-electron chi connectivity index (χ0n) is 15.5. The number of carbonyl (C=O) groups excluding carboxylic acids is 1. The van der Waals surface area contributed by atoms with Gasteiger partial charge in [-0.3, -0.25) is 9.79 Å². The van der Waals surface area contributed by atoms with Crippen molar-refractivity contribution in [3.63, 3.8) is 0 Å². The van der Waals surface area contributed by atoms with E-state index in [0.717, 1.165) is 11.1 Å². The monoisotopic (exact) mass is 484 g/mol. The number of guanidine groups is 1. The van der Waals surface area contributed by atoms with Gasteiger partial charge in [-0.05, 0) is 36.6 Å². The standard InChI is InChI=1S/C20H25FN4O.HI/c1-14(16-6-4-3-5-7-16)25-20(23-2)24-13-17(19(22)26)12-15-8-10-18(21)11-9-15;/h3-11,14,17H,12-13H2,1-2H3,(H2,22,26)(H2,23,24,25);1H. The van der Waals surface area contributed by atoms with Gasteiger partial charge in [-0.25, -0.2) is 4.39 Å². The summed E-state index contributed by atoms with van der Waals surface area (Å²) >= 11 is 0. The summed E-state index contributed by atoms with van der Waals surface area (Å²) in [7, 11) is 1.67. The molecule has 2 aromatic carbocycles. The van der Waals surface area contributed by atoms with Crippen molar-refractivity contribution in [2.24, 2.45) is 16.6 Å². The van der Waals surface area contributed by atoms with E-state index in [1.54, 1.807) is 19.2 Å². The van der Waals surface area contributed by atoms with E-state index >= 15 is 0 Å². The normalized spacial score (nSPS) is 13.2. The van der Waals surface area contributed by atoms with E-state index in [-0.39, 0.29) is 35.8 Å². The molecule has 0 aliphatic heterocycles. The highest BCUT2D eigenvalue weighted by Gasteiger charge is 2.17. The van der Waals surface area contributed by atoms with E-state index in [0.29, 0.717) is 18.9 Å². The zero-order chi connectivity index (χ0) is 18.9. The second-order valence-electron chi connectivity index (χ2n) is 6.16. The molecule has 2 rings (SSSR count). The minimum absolute atomic E-state index is 0. The number of primary amides is 1. The Bertz CT molecular complexity index is 737. The fraction of sp³-hybridized carbons (Fsp3) is 0.300. The van der Waals surface area contributed by atoms with Gasteiger partial charge in [0.15, 0.2) is 5.96 Å². The maximum absolute atomic E-state index is 13.0. The third-order valence-corrected chi connectivity index (χ3v) is 4.19. The predicted octanol–water partition coefficient (Wildman–Crippen LogP) is 3.01. The van der Waals surface area contributed by atoms with Crippen LogP contribution in [0.1, 0.15) is 24.1 Å². The summed E-state index contributed by atoms with van der Waals surface area (Å²) in [6.07, 6.45) is 0.438. The zero-order valence-corrected chi connectivity index (χ0v) is 17.8. The summed E-state index contributed by atoms with van der Waals surface area (Å²) in [5.74, 6) is -0.548. The van der Waals surface area contributed by atoms with E-state index < -0.39 is 11.8 Å². The first-order valence-corrected chi connectivity index (χ1v) is 8.55. The van der Waals surface area contributed by atoms with E-state index in [1.807, 2.05) is 37.3 Å². The Labute approximate surface area is 176 Å². The fourth-order valence-corrected chi connectivity index (χ4v) is 2.62. The molecular formula is C20H26FIN4O. The number of amides is 1. The number of benzene rings is 2. The van der Waals surface area contributed by atoms with Crippen LogP contribution in [0.5, 0.6) is 0 Å². The molecular weight excluding hydrogens is 458 g/mol. The number of rotatable bonds is 7. The van der Waals surface area contributed by atoms with E-state index in [9.17, 15) is 9.18 Å². The third-order valence-electron chi connectivity index (χ3n) is 4.19. The molecule has 0 aliphatic rings. The minimum Gasteiger partial charge on any atom is -0.369 e. The Morgan fingerprint density at radius 2 is 1.78 bits per heavy atom. The van der Waals surface area contributed by atoms with Gasteiger partial charge in [-0.2, -0.15) is 0 Å². The third kappa shape index (κ3) is 7.54. The number of nitrogens with two attached hydrogens (primary N) is 1. The van der Waals surface area contributed by atoms with E-state index in [2.05, 4.69) is 15.6 Å². The van der Waals surface area contributed by atoms with Crippen molar-refractivity contribution in [2.75, 3.05) is 13.6 Å². The van der Waals surface area contributed by atoms with Gasteiger partial charge in [0.25, 0.3) is 0 Å². The quantitative estimate of drug-likeness (QED) is 0.321. The van der Waals surface area contributed by atoms with Crippen molar-refractivity contribution in [2.45, 2.75) is 19.4 Å². The molecule has 0 bridgehead atoms. The predicted molar refractivity (Wildman–Crippen MR) is 118 cm³/mol. The first-order valence-electron chi connectivity index (χ1n) is 8.55. The molecule has 0 spiro atoms. The number of hydrogen-bond donors (Lipinski definition) is 3. The number of carbonyl (C=O) groups is 1. The molecule has 4 N–H and O–H groups in total. The van der Waals surface area contributed by atoms with Crippen LogP contribution in [0.15, 0.2) is 59.6 Å². The molecule has 27 heavy (non-hydrogen) atoms. The average Bonchev–Trinajstić information content (AvgIpc) is 2.65. The summed E-state index contributed by atoms with van der Waals surface area (Å²) in [6.45, 7) is 2.38. The van der Waals surface area contributed by atoms with Crippen LogP contribution in [-0.4, -0.2) is 25.5 Å². The molecule has 0 saturated heterocycles. The van der Waals surface area contributed by atoms with Crippen molar-refractivity contribution in [1.29, 1.82) is 0 Å². The van der Waals surface area contributed by atoms with Crippen LogP contribution < -0.4 is 16.4 Å². The Morgan fingerprint density at radius 3 is 2.33 bits per heavy atom. The molecule has 2 atom stereocenters. The summed E-state index contributed by atoms with van der Waals surface area (Å²) in [6, 6.07) is 16.1. The van der Waals surface area contributed by atoms with Crippen LogP contribution in [-0.2, 0) is 11.2 Å². The number of nitrogens with zero attached hydrogens (tertiary/aromatic N) is 1. The van der Waals surface area contributed by atoms with Crippen LogP contribution >= 0.6 is 24.0 Å². The molecule has 0 heterocycles. The lowest BCUT2D eigenvalue weighted by molar-refractivity contribution is -0.121. The number of aliphatic imine (C=N–C) groups is 1. The van der Waals surface area contributed by atoms with Crippen LogP contribution in [0.3, 0.4) is 0 Å². The highest BCUT2D eigenvalue weighted by molar-refractivity contribution is 14.0. The molecule has 2 aromatic rings. The highest BCUT2D eigenvalue weighted by atomic mass is 127. The van der Waals surface area contributed by atoms with Crippen molar-refractivity contribution >= 4 is 35.8 Å². The van der Waals surface area contributed by atoms with Gasteiger partial charge in [0.05, 0.1) is 12.0 Å². The van der Waals surface area contributed by atoms with E-state index in [4.69, 9.17) is 5.73 Å². The molecule has 1 amide bonds. The average molecular weight is 484 g/mol. The Hall–Kier alpha value is -2.16. The molecule has 0 aromatic heterocycles. The van der Waals surface area contributed by atoms with Gasteiger partial charge in [-0.15, -0.1) is 24.0 Å². The van der Waals surface area contributed by atoms with Crippen LogP contribution in [0.4, 0.5) is 4.39 Å². The number of hydrogen-bond acceptors (Lipinski definition) is 2. The van der Waals surface area contributed by atoms with Crippen molar-refractivity contribution < 1.29 is 9.18 Å². The van der Waals surface area contributed by atoms with Gasteiger partial charge in [-0.1, -0.05) is 42.5 Å². The minimum atomic E-state index is -0.425. The molecule has 7 heteroatoms. The van der Waals surface area contributed by atoms with E-state index in [1.165, 1.54) is 12.1 Å². The topological polar surface area (TPSA) is 79.5 Å². The van der Waals surface area contributed by atoms with Gasteiger partial charge < -0.3 is 16.4 Å². The van der Waals surface area contributed by atoms with Gasteiger partial charge in [0, 0.05) is 13.6 Å². The molecule has 0 radical (unpaired) electrons. The van der Waals surface area contributed by atoms with Crippen LogP contribution in [0.25, 0.3) is 0 Å². The Morgan fingerprint density at radius 1 is 1.15 bits per heavy atom. The van der Waals surface area contributed by atoms with Crippen LogP contribution in [0, 0.1) is 11.7 Å². The summed E-state index contributed by atoms with van der Waals surface area (Å²) in [5, 5.41) is 6.43. The van der Waals surface area contributed by atoms with Crippen LogP contribution in [0.2, 0.25) is 0 Å². The van der Waals surface area contributed by atoms with Crippen molar-refractivity contribution in [3.8, 4) is 0 Å². The molecule has 2 unspecified atom stereocenters. The first kappa shape index (κ1) is 22.9. The number of nitrogens with one attached hydrogen (secondary N) is 2. The Kier molecular flexibility index (Phi) is 9.77. The lowest BCUT2D eigenvalue weighted by Crippen LogP contribution is -2.43. The van der Waals surface area contributed by atoms with Gasteiger partial charge in [0.2, 0.25) is 5.91 Å².